The molecule has 0 bridgehead atoms. The van der Waals surface area contributed by atoms with Crippen LogP contribution in [-0.2, 0) is 13.2 Å². The van der Waals surface area contributed by atoms with Crippen molar-refractivity contribution in [1.29, 1.82) is 0 Å². The highest BCUT2D eigenvalue weighted by Crippen LogP contribution is 2.31. The highest BCUT2D eigenvalue weighted by atomic mass is 16.5. The minimum absolute atomic E-state index is 0.560. The highest BCUT2D eigenvalue weighted by Gasteiger charge is 2.28. The lowest BCUT2D eigenvalue weighted by atomic mass is 10.1. The number of rotatable bonds is 9. The maximum absolute atomic E-state index is 6.16. The van der Waals surface area contributed by atoms with E-state index in [2.05, 4.69) is 36.5 Å². The van der Waals surface area contributed by atoms with Crippen molar-refractivity contribution < 1.29 is 19.7 Å². The van der Waals surface area contributed by atoms with Gasteiger partial charge in [-0.2, -0.15) is 0 Å². The second-order valence-corrected chi connectivity index (χ2v) is 7.05. The van der Waals surface area contributed by atoms with Gasteiger partial charge in [0.2, 0.25) is 0 Å². The van der Waals surface area contributed by atoms with Gasteiger partial charge in [0.15, 0.2) is 11.5 Å². The van der Waals surface area contributed by atoms with Crippen LogP contribution < -0.4 is 19.7 Å². The summed E-state index contributed by atoms with van der Waals surface area (Å²) in [4.78, 5) is 1.76. The quantitative estimate of drug-likeness (QED) is 0.713. The molecule has 0 amide bonds. The van der Waals surface area contributed by atoms with Crippen LogP contribution in [0.2, 0.25) is 0 Å². The number of likely N-dealkylation sites (tertiary alicyclic amines) is 1. The molecule has 2 aromatic carbocycles. The highest BCUT2D eigenvalue weighted by molar-refractivity contribution is 5.46. The van der Waals surface area contributed by atoms with Crippen LogP contribution in [0.5, 0.6) is 11.5 Å². The summed E-state index contributed by atoms with van der Waals surface area (Å²) in [6.07, 6.45) is 2.72. The maximum Gasteiger partial charge on any atom is 0.170 e. The van der Waals surface area contributed by atoms with Gasteiger partial charge in [0.05, 0.1) is 25.8 Å². The molecule has 1 fully saturated rings. The molecule has 26 heavy (non-hydrogen) atoms. The first-order valence-corrected chi connectivity index (χ1v) is 9.80. The fourth-order valence-corrected chi connectivity index (χ4v) is 3.95. The molecule has 0 aliphatic carbocycles. The SMILES string of the molecule is CC[NH+]1CCC[C@H]1C[NH2+]Cc1cccc(OC)c1OCc1ccccc1. The summed E-state index contributed by atoms with van der Waals surface area (Å²) in [6.45, 7) is 7.53. The number of hydrogen-bond acceptors (Lipinski definition) is 2. The molecule has 1 heterocycles. The van der Waals surface area contributed by atoms with Crippen LogP contribution in [0.15, 0.2) is 48.5 Å². The minimum Gasteiger partial charge on any atom is -0.493 e. The Morgan fingerprint density at radius 2 is 1.96 bits per heavy atom. The molecule has 1 saturated heterocycles. The number of nitrogens with two attached hydrogens (primary N) is 1. The molecule has 0 saturated carbocycles. The second kappa shape index (κ2) is 9.60. The predicted octanol–water partition coefficient (Wildman–Crippen LogP) is 1.40. The molecule has 3 N–H and O–H groups in total. The largest absolute Gasteiger partial charge is 0.493 e. The van der Waals surface area contributed by atoms with Crippen molar-refractivity contribution >= 4 is 0 Å². The summed E-state index contributed by atoms with van der Waals surface area (Å²) in [5.74, 6) is 1.69. The topological polar surface area (TPSA) is 39.5 Å². The molecule has 1 unspecified atom stereocenters. The monoisotopic (exact) mass is 356 g/mol. The standard InChI is InChI=1S/C22H30N2O2/c1-3-24-14-8-12-20(24)16-23-15-19-11-7-13-21(25-2)22(19)26-17-18-9-5-4-6-10-18/h4-7,9-11,13,20,23H,3,8,12,14-17H2,1-2H3/p+2/t20-/m0/s1. The number of nitrogens with one attached hydrogen (secondary N) is 1. The Kier molecular flexibility index (Phi) is 6.92. The van der Waals surface area contributed by atoms with E-state index in [-0.39, 0.29) is 0 Å². The van der Waals surface area contributed by atoms with Crippen LogP contribution in [0.3, 0.4) is 0 Å². The Bertz CT molecular complexity index is 675. The van der Waals surface area contributed by atoms with E-state index in [1.54, 1.807) is 12.0 Å². The van der Waals surface area contributed by atoms with Crippen molar-refractivity contribution in [3.8, 4) is 11.5 Å². The van der Waals surface area contributed by atoms with Gasteiger partial charge in [0, 0.05) is 12.8 Å². The van der Waals surface area contributed by atoms with Crippen molar-refractivity contribution in [3.05, 3.63) is 59.7 Å². The van der Waals surface area contributed by atoms with E-state index < -0.39 is 0 Å². The lowest BCUT2D eigenvalue weighted by Crippen LogP contribution is -3.16. The van der Waals surface area contributed by atoms with Gasteiger partial charge in [-0.3, -0.25) is 0 Å². The summed E-state index contributed by atoms with van der Waals surface area (Å²) in [5, 5.41) is 2.43. The second-order valence-electron chi connectivity index (χ2n) is 7.05. The molecule has 1 aliphatic heterocycles. The van der Waals surface area contributed by atoms with E-state index >= 15 is 0 Å². The lowest BCUT2D eigenvalue weighted by molar-refractivity contribution is -0.925. The zero-order chi connectivity index (χ0) is 18.2. The summed E-state index contributed by atoms with van der Waals surface area (Å²) < 4.78 is 11.7. The molecule has 0 radical (unpaired) electrons. The van der Waals surface area contributed by atoms with Crippen molar-refractivity contribution in [3.63, 3.8) is 0 Å². The number of methoxy groups -OCH3 is 1. The van der Waals surface area contributed by atoms with Gasteiger partial charge >= 0.3 is 0 Å². The van der Waals surface area contributed by atoms with Gasteiger partial charge < -0.3 is 19.7 Å². The maximum atomic E-state index is 6.16. The van der Waals surface area contributed by atoms with E-state index in [1.165, 1.54) is 43.6 Å². The normalized spacial score (nSPS) is 19.5. The lowest BCUT2D eigenvalue weighted by Gasteiger charge is -2.19. The third-order valence-corrected chi connectivity index (χ3v) is 5.40. The summed E-state index contributed by atoms with van der Waals surface area (Å²) in [5.41, 5.74) is 2.37. The van der Waals surface area contributed by atoms with E-state index in [0.29, 0.717) is 6.61 Å². The van der Waals surface area contributed by atoms with Gasteiger partial charge in [-0.1, -0.05) is 36.4 Å². The number of hydrogen-bond donors (Lipinski definition) is 2. The molecular formula is C22H32N2O2+2. The molecule has 140 valence electrons. The first kappa shape index (κ1) is 18.7. The zero-order valence-corrected chi connectivity index (χ0v) is 16.0. The van der Waals surface area contributed by atoms with Crippen molar-refractivity contribution in [2.24, 2.45) is 0 Å². The van der Waals surface area contributed by atoms with E-state index in [0.717, 1.165) is 24.1 Å². The van der Waals surface area contributed by atoms with Crippen molar-refractivity contribution in [2.45, 2.75) is 39.0 Å². The smallest absolute Gasteiger partial charge is 0.170 e. The van der Waals surface area contributed by atoms with Crippen molar-refractivity contribution in [1.82, 2.24) is 0 Å². The Balaban J connectivity index is 1.62. The van der Waals surface area contributed by atoms with Crippen LogP contribution in [0.4, 0.5) is 0 Å². The van der Waals surface area contributed by atoms with Crippen LogP contribution >= 0.6 is 0 Å². The fourth-order valence-electron chi connectivity index (χ4n) is 3.95. The van der Waals surface area contributed by atoms with Gasteiger partial charge in [-0.05, 0) is 24.6 Å². The molecule has 2 atom stereocenters. The Morgan fingerprint density at radius 1 is 1.12 bits per heavy atom. The Morgan fingerprint density at radius 3 is 2.73 bits per heavy atom. The molecule has 0 spiro atoms. The molecule has 1 aliphatic rings. The summed E-state index contributed by atoms with van der Waals surface area (Å²) in [6, 6.07) is 17.3. The molecular weight excluding hydrogens is 324 g/mol. The third kappa shape index (κ3) is 4.77. The minimum atomic E-state index is 0.560. The molecule has 4 nitrogen and oxygen atoms in total. The van der Waals surface area contributed by atoms with Gasteiger partial charge in [-0.15, -0.1) is 0 Å². The zero-order valence-electron chi connectivity index (χ0n) is 16.0. The van der Waals surface area contributed by atoms with Crippen molar-refractivity contribution in [2.75, 3.05) is 26.7 Å². The van der Waals surface area contributed by atoms with Crippen LogP contribution in [0, 0.1) is 0 Å². The third-order valence-electron chi connectivity index (χ3n) is 5.40. The Hall–Kier alpha value is -2.04. The average molecular weight is 357 g/mol. The average Bonchev–Trinajstić information content (AvgIpc) is 3.15. The molecule has 3 rings (SSSR count). The van der Waals surface area contributed by atoms with Gasteiger partial charge in [0.1, 0.15) is 25.7 Å². The van der Waals surface area contributed by atoms with E-state index in [4.69, 9.17) is 9.47 Å². The Labute approximate surface area is 157 Å². The molecule has 2 aromatic rings. The van der Waals surface area contributed by atoms with Crippen LogP contribution in [0.25, 0.3) is 0 Å². The number of para-hydroxylation sites is 1. The first-order valence-electron chi connectivity index (χ1n) is 9.80. The number of benzene rings is 2. The molecule has 4 heteroatoms. The van der Waals surface area contributed by atoms with Gasteiger partial charge in [0.25, 0.3) is 0 Å². The van der Waals surface area contributed by atoms with Crippen LogP contribution in [0.1, 0.15) is 30.9 Å². The number of likely N-dealkylation sites (N-methyl/N-ethyl adjacent to an activating group) is 1. The predicted molar refractivity (Wildman–Crippen MR) is 104 cm³/mol. The number of quaternary nitrogens is 2. The van der Waals surface area contributed by atoms with E-state index in [1.807, 2.05) is 24.3 Å². The first-order chi connectivity index (χ1) is 12.8. The summed E-state index contributed by atoms with van der Waals surface area (Å²) >= 11 is 0. The molecule has 0 aromatic heterocycles. The van der Waals surface area contributed by atoms with Crippen LogP contribution in [-0.4, -0.2) is 32.8 Å². The number of ether oxygens (including phenoxy) is 2. The summed E-state index contributed by atoms with van der Waals surface area (Å²) in [7, 11) is 1.71. The fraction of sp³-hybridized carbons (Fsp3) is 0.455. The van der Waals surface area contributed by atoms with Gasteiger partial charge in [-0.25, -0.2) is 0 Å². The van der Waals surface area contributed by atoms with E-state index in [9.17, 15) is 0 Å².